The van der Waals surface area contributed by atoms with Gasteiger partial charge in [0.2, 0.25) is 6.79 Å². The van der Waals surface area contributed by atoms with Gasteiger partial charge in [-0.1, -0.05) is 45.6 Å². The lowest BCUT2D eigenvalue weighted by Crippen LogP contribution is -2.07. The number of aliphatic hydroxyl groups is 1. The lowest BCUT2D eigenvalue weighted by Gasteiger charge is -2.19. The lowest BCUT2D eigenvalue weighted by molar-refractivity contribution is 0.138. The van der Waals surface area contributed by atoms with Crippen LogP contribution in [-0.2, 0) is 0 Å². The average Bonchev–Trinajstić information content (AvgIpc) is 2.90. The minimum atomic E-state index is -0.406. The Morgan fingerprint density at radius 2 is 2.00 bits per heavy atom. The molecule has 0 amide bonds. The molecule has 2 rings (SSSR count). The quantitative estimate of drug-likeness (QED) is 0.807. The fourth-order valence-electron chi connectivity index (χ4n) is 2.55. The van der Waals surface area contributed by atoms with Gasteiger partial charge in [0.25, 0.3) is 0 Å². The van der Waals surface area contributed by atoms with Crippen molar-refractivity contribution in [2.24, 2.45) is 5.92 Å². The zero-order valence-corrected chi connectivity index (χ0v) is 11.9. The van der Waals surface area contributed by atoms with E-state index in [1.54, 1.807) is 0 Å². The van der Waals surface area contributed by atoms with Crippen molar-refractivity contribution in [3.8, 4) is 11.5 Å². The number of benzene rings is 1. The van der Waals surface area contributed by atoms with Crippen molar-refractivity contribution >= 4 is 0 Å². The maximum atomic E-state index is 10.4. The molecule has 3 heteroatoms. The average molecular weight is 264 g/mol. The van der Waals surface area contributed by atoms with E-state index in [0.717, 1.165) is 29.9 Å². The van der Waals surface area contributed by atoms with Crippen molar-refractivity contribution in [2.45, 2.75) is 52.1 Å². The molecule has 0 bridgehead atoms. The first-order valence-electron chi connectivity index (χ1n) is 7.32. The lowest BCUT2D eigenvalue weighted by atomic mass is 9.90. The van der Waals surface area contributed by atoms with Crippen LogP contribution < -0.4 is 9.47 Å². The Bertz CT molecular complexity index is 403. The van der Waals surface area contributed by atoms with Gasteiger partial charge >= 0.3 is 0 Å². The minimum absolute atomic E-state index is 0.281. The molecule has 0 spiro atoms. The molecule has 1 N–H and O–H groups in total. The standard InChI is InChI=1S/C16H24O3/c1-3-5-6-12(4-2)9-14(17)13-7-8-15-16(10-13)19-11-18-15/h7-8,10,12,14,17H,3-6,9,11H2,1-2H3. The van der Waals surface area contributed by atoms with Gasteiger partial charge in [-0.05, 0) is 30.0 Å². The fourth-order valence-corrected chi connectivity index (χ4v) is 2.55. The Morgan fingerprint density at radius 3 is 2.74 bits per heavy atom. The molecule has 19 heavy (non-hydrogen) atoms. The normalized spacial score (nSPS) is 16.4. The van der Waals surface area contributed by atoms with E-state index in [2.05, 4.69) is 13.8 Å². The van der Waals surface area contributed by atoms with Crippen molar-refractivity contribution in [3.05, 3.63) is 23.8 Å². The van der Waals surface area contributed by atoms with Crippen LogP contribution in [0.2, 0.25) is 0 Å². The summed E-state index contributed by atoms with van der Waals surface area (Å²) in [6.07, 6.45) is 5.21. The molecule has 1 aliphatic heterocycles. The molecular formula is C16H24O3. The van der Waals surface area contributed by atoms with Gasteiger partial charge in [-0.3, -0.25) is 0 Å². The summed E-state index contributed by atoms with van der Waals surface area (Å²) in [6, 6.07) is 5.72. The third-order valence-electron chi connectivity index (χ3n) is 3.88. The second-order valence-electron chi connectivity index (χ2n) is 5.28. The predicted molar refractivity (Wildman–Crippen MR) is 75.4 cm³/mol. The molecule has 1 heterocycles. The number of hydrogen-bond acceptors (Lipinski definition) is 3. The van der Waals surface area contributed by atoms with Gasteiger partial charge in [-0.25, -0.2) is 0 Å². The summed E-state index contributed by atoms with van der Waals surface area (Å²) < 4.78 is 10.6. The van der Waals surface area contributed by atoms with Crippen LogP contribution in [-0.4, -0.2) is 11.9 Å². The van der Waals surface area contributed by atoms with Crippen LogP contribution in [0.25, 0.3) is 0 Å². The van der Waals surface area contributed by atoms with Crippen LogP contribution in [0, 0.1) is 5.92 Å². The van der Waals surface area contributed by atoms with Gasteiger partial charge < -0.3 is 14.6 Å². The molecule has 0 radical (unpaired) electrons. The third kappa shape index (κ3) is 3.63. The third-order valence-corrected chi connectivity index (χ3v) is 3.88. The summed E-state index contributed by atoms with van der Waals surface area (Å²) in [5.74, 6) is 2.12. The van der Waals surface area contributed by atoms with Gasteiger partial charge in [-0.2, -0.15) is 0 Å². The van der Waals surface area contributed by atoms with Gasteiger partial charge in [0.1, 0.15) is 0 Å². The van der Waals surface area contributed by atoms with Crippen LogP contribution in [0.5, 0.6) is 11.5 Å². The SMILES string of the molecule is CCCCC(CC)CC(O)c1ccc2c(c1)OCO2. The smallest absolute Gasteiger partial charge is 0.231 e. The van der Waals surface area contributed by atoms with Crippen molar-refractivity contribution in [1.29, 1.82) is 0 Å². The van der Waals surface area contributed by atoms with E-state index < -0.39 is 6.10 Å². The molecule has 1 aliphatic rings. The molecule has 3 nitrogen and oxygen atoms in total. The molecule has 0 aromatic heterocycles. The second-order valence-corrected chi connectivity index (χ2v) is 5.28. The summed E-state index contributed by atoms with van der Waals surface area (Å²) in [5.41, 5.74) is 0.930. The number of fused-ring (bicyclic) bond motifs is 1. The van der Waals surface area contributed by atoms with Crippen LogP contribution >= 0.6 is 0 Å². The highest BCUT2D eigenvalue weighted by molar-refractivity contribution is 5.45. The molecular weight excluding hydrogens is 240 g/mol. The topological polar surface area (TPSA) is 38.7 Å². The highest BCUT2D eigenvalue weighted by Crippen LogP contribution is 2.36. The molecule has 106 valence electrons. The Kier molecular flexibility index (Phi) is 5.08. The second kappa shape index (κ2) is 6.80. The Hall–Kier alpha value is -1.22. The first-order chi connectivity index (χ1) is 9.24. The van der Waals surface area contributed by atoms with E-state index in [0.29, 0.717) is 5.92 Å². The Labute approximate surface area is 115 Å². The molecule has 2 unspecified atom stereocenters. The van der Waals surface area contributed by atoms with Crippen LogP contribution in [0.3, 0.4) is 0 Å². The van der Waals surface area contributed by atoms with Gasteiger partial charge in [0, 0.05) is 0 Å². The largest absolute Gasteiger partial charge is 0.454 e. The predicted octanol–water partition coefficient (Wildman–Crippen LogP) is 4.06. The molecule has 1 aromatic rings. The number of unbranched alkanes of at least 4 members (excludes halogenated alkanes) is 1. The summed E-state index contributed by atoms with van der Waals surface area (Å²) >= 11 is 0. The highest BCUT2D eigenvalue weighted by atomic mass is 16.7. The van der Waals surface area contributed by atoms with E-state index in [4.69, 9.17) is 9.47 Å². The van der Waals surface area contributed by atoms with Crippen LogP contribution in [0.15, 0.2) is 18.2 Å². The van der Waals surface area contributed by atoms with Crippen LogP contribution in [0.1, 0.15) is 57.6 Å². The van der Waals surface area contributed by atoms with E-state index in [1.165, 1.54) is 19.3 Å². The summed E-state index contributed by atoms with van der Waals surface area (Å²) in [6.45, 7) is 4.69. The van der Waals surface area contributed by atoms with Crippen molar-refractivity contribution in [3.63, 3.8) is 0 Å². The maximum absolute atomic E-state index is 10.4. The van der Waals surface area contributed by atoms with E-state index in [9.17, 15) is 5.11 Å². The van der Waals surface area contributed by atoms with Crippen molar-refractivity contribution in [1.82, 2.24) is 0 Å². The van der Waals surface area contributed by atoms with Crippen LogP contribution in [0.4, 0.5) is 0 Å². The van der Waals surface area contributed by atoms with E-state index in [-0.39, 0.29) is 6.79 Å². The highest BCUT2D eigenvalue weighted by Gasteiger charge is 2.18. The summed E-state index contributed by atoms with van der Waals surface area (Å²) in [7, 11) is 0. The zero-order valence-electron chi connectivity index (χ0n) is 11.9. The van der Waals surface area contributed by atoms with Gasteiger partial charge in [0.05, 0.1) is 6.10 Å². The zero-order chi connectivity index (χ0) is 13.7. The molecule has 0 saturated heterocycles. The summed E-state index contributed by atoms with van der Waals surface area (Å²) in [5, 5.41) is 10.4. The molecule has 0 saturated carbocycles. The fraction of sp³-hybridized carbons (Fsp3) is 0.625. The Balaban J connectivity index is 1.96. The number of ether oxygens (including phenoxy) is 2. The minimum Gasteiger partial charge on any atom is -0.454 e. The summed E-state index contributed by atoms with van der Waals surface area (Å²) in [4.78, 5) is 0. The number of aliphatic hydroxyl groups excluding tert-OH is 1. The molecule has 0 aliphatic carbocycles. The first kappa shape index (κ1) is 14.2. The molecule has 2 atom stereocenters. The monoisotopic (exact) mass is 264 g/mol. The Morgan fingerprint density at radius 1 is 1.21 bits per heavy atom. The molecule has 1 aromatic carbocycles. The molecule has 0 fully saturated rings. The van der Waals surface area contributed by atoms with E-state index in [1.807, 2.05) is 18.2 Å². The van der Waals surface area contributed by atoms with Crippen molar-refractivity contribution in [2.75, 3.05) is 6.79 Å². The van der Waals surface area contributed by atoms with Gasteiger partial charge in [-0.15, -0.1) is 0 Å². The maximum Gasteiger partial charge on any atom is 0.231 e. The number of hydrogen-bond donors (Lipinski definition) is 1. The first-order valence-corrected chi connectivity index (χ1v) is 7.32. The van der Waals surface area contributed by atoms with Gasteiger partial charge in [0.15, 0.2) is 11.5 Å². The van der Waals surface area contributed by atoms with Crippen molar-refractivity contribution < 1.29 is 14.6 Å². The van der Waals surface area contributed by atoms with E-state index >= 15 is 0 Å². The number of rotatable bonds is 7.